The minimum Gasteiger partial charge on any atom is -0.317 e. The van der Waals surface area contributed by atoms with Gasteiger partial charge in [-0.25, -0.2) is 0 Å². The van der Waals surface area contributed by atoms with Gasteiger partial charge < -0.3 is 5.32 Å². The number of piperidine rings is 1. The zero-order valence-corrected chi connectivity index (χ0v) is 13.0. The molecule has 0 saturated carbocycles. The average Bonchev–Trinajstić information content (AvgIpc) is 3.09. The van der Waals surface area contributed by atoms with Crippen LogP contribution in [-0.2, 0) is 0 Å². The first-order valence-electron chi connectivity index (χ1n) is 8.20. The fraction of sp³-hybridized carbons (Fsp3) is 0.263. The van der Waals surface area contributed by atoms with Crippen molar-refractivity contribution in [2.45, 2.75) is 18.9 Å². The van der Waals surface area contributed by atoms with E-state index in [0.29, 0.717) is 6.04 Å². The number of nitrogens with zero attached hydrogens (tertiary/aromatic N) is 3. The standard InChI is InChI=1S/C19H20N4/c1-3-7-15(8-4-1)18-19(16-9-5-2-6-10-16)22-23(21-18)17-11-13-20-14-12-17/h1-10,17,20H,11-14H2. The highest BCUT2D eigenvalue weighted by atomic mass is 15.5. The Bertz CT molecular complexity index is 702. The molecule has 0 atom stereocenters. The summed E-state index contributed by atoms with van der Waals surface area (Å²) < 4.78 is 0. The number of rotatable bonds is 3. The predicted octanol–water partition coefficient (Wildman–Crippen LogP) is 3.54. The molecule has 2 aromatic carbocycles. The van der Waals surface area contributed by atoms with Crippen LogP contribution in [0.5, 0.6) is 0 Å². The lowest BCUT2D eigenvalue weighted by Gasteiger charge is -2.21. The maximum Gasteiger partial charge on any atom is 0.121 e. The summed E-state index contributed by atoms with van der Waals surface area (Å²) in [6.45, 7) is 2.07. The van der Waals surface area contributed by atoms with Crippen molar-refractivity contribution in [1.82, 2.24) is 20.3 Å². The summed E-state index contributed by atoms with van der Waals surface area (Å²) in [6.07, 6.45) is 2.16. The molecular weight excluding hydrogens is 284 g/mol. The van der Waals surface area contributed by atoms with E-state index in [0.717, 1.165) is 48.4 Å². The normalized spacial score (nSPS) is 15.7. The zero-order valence-electron chi connectivity index (χ0n) is 13.0. The molecule has 1 aliphatic heterocycles. The van der Waals surface area contributed by atoms with Crippen molar-refractivity contribution in [1.29, 1.82) is 0 Å². The lowest BCUT2D eigenvalue weighted by atomic mass is 10.1. The quantitative estimate of drug-likeness (QED) is 0.805. The Morgan fingerprint density at radius 2 is 1.22 bits per heavy atom. The third-order valence-electron chi connectivity index (χ3n) is 4.36. The largest absolute Gasteiger partial charge is 0.317 e. The molecule has 1 saturated heterocycles. The van der Waals surface area contributed by atoms with Crippen LogP contribution in [0.3, 0.4) is 0 Å². The molecule has 1 aliphatic rings. The molecule has 0 bridgehead atoms. The van der Waals surface area contributed by atoms with Crippen molar-refractivity contribution in [2.24, 2.45) is 0 Å². The van der Waals surface area contributed by atoms with Crippen LogP contribution < -0.4 is 5.32 Å². The van der Waals surface area contributed by atoms with Crippen molar-refractivity contribution >= 4 is 0 Å². The molecule has 1 fully saturated rings. The number of benzene rings is 2. The SMILES string of the molecule is c1ccc(-c2nn(C3CCNCC3)nc2-c2ccccc2)cc1. The Morgan fingerprint density at radius 3 is 1.70 bits per heavy atom. The summed E-state index contributed by atoms with van der Waals surface area (Å²) in [7, 11) is 0. The fourth-order valence-corrected chi connectivity index (χ4v) is 3.10. The Kier molecular flexibility index (Phi) is 3.90. The Balaban J connectivity index is 1.81. The second-order valence-electron chi connectivity index (χ2n) is 5.93. The maximum absolute atomic E-state index is 4.86. The lowest BCUT2D eigenvalue weighted by molar-refractivity contribution is 0.314. The molecule has 4 rings (SSSR count). The van der Waals surface area contributed by atoms with Crippen molar-refractivity contribution in [3.05, 3.63) is 60.7 Å². The molecule has 0 spiro atoms. The molecular formula is C19H20N4. The van der Waals surface area contributed by atoms with Crippen molar-refractivity contribution in [3.8, 4) is 22.5 Å². The highest BCUT2D eigenvalue weighted by molar-refractivity contribution is 5.77. The van der Waals surface area contributed by atoms with E-state index in [9.17, 15) is 0 Å². The number of hydrogen-bond donors (Lipinski definition) is 1. The zero-order chi connectivity index (χ0) is 15.5. The first-order chi connectivity index (χ1) is 11.4. The third kappa shape index (κ3) is 2.90. The molecule has 4 heteroatoms. The summed E-state index contributed by atoms with van der Waals surface area (Å²) in [5.41, 5.74) is 4.17. The van der Waals surface area contributed by atoms with Gasteiger partial charge >= 0.3 is 0 Å². The van der Waals surface area contributed by atoms with Gasteiger partial charge in [0.1, 0.15) is 11.4 Å². The van der Waals surface area contributed by atoms with Crippen LogP contribution in [0, 0.1) is 0 Å². The van der Waals surface area contributed by atoms with Gasteiger partial charge in [-0.3, -0.25) is 0 Å². The minimum atomic E-state index is 0.385. The molecule has 0 radical (unpaired) electrons. The highest BCUT2D eigenvalue weighted by Gasteiger charge is 2.21. The van der Waals surface area contributed by atoms with Crippen molar-refractivity contribution in [3.63, 3.8) is 0 Å². The van der Waals surface area contributed by atoms with E-state index in [1.54, 1.807) is 0 Å². The summed E-state index contributed by atoms with van der Waals surface area (Å²) in [5.74, 6) is 0. The smallest absolute Gasteiger partial charge is 0.121 e. The molecule has 2 heterocycles. The minimum absolute atomic E-state index is 0.385. The van der Waals surface area contributed by atoms with Crippen LogP contribution in [0.15, 0.2) is 60.7 Å². The number of hydrogen-bond acceptors (Lipinski definition) is 3. The van der Waals surface area contributed by atoms with Gasteiger partial charge in [0.15, 0.2) is 0 Å². The second-order valence-corrected chi connectivity index (χ2v) is 5.93. The Labute approximate surface area is 136 Å². The first kappa shape index (κ1) is 14.2. The van der Waals surface area contributed by atoms with E-state index in [1.807, 2.05) is 41.2 Å². The molecule has 116 valence electrons. The van der Waals surface area contributed by atoms with E-state index < -0.39 is 0 Å². The highest BCUT2D eigenvalue weighted by Crippen LogP contribution is 2.30. The van der Waals surface area contributed by atoms with Crippen molar-refractivity contribution in [2.75, 3.05) is 13.1 Å². The monoisotopic (exact) mass is 304 g/mol. The maximum atomic E-state index is 4.86. The van der Waals surface area contributed by atoms with Crippen LogP contribution >= 0.6 is 0 Å². The van der Waals surface area contributed by atoms with E-state index in [2.05, 4.69) is 29.6 Å². The third-order valence-corrected chi connectivity index (χ3v) is 4.36. The van der Waals surface area contributed by atoms with Gasteiger partial charge in [-0.2, -0.15) is 15.0 Å². The lowest BCUT2D eigenvalue weighted by Crippen LogP contribution is -2.30. The van der Waals surface area contributed by atoms with Crippen LogP contribution in [0.4, 0.5) is 0 Å². The summed E-state index contributed by atoms with van der Waals surface area (Å²) in [5, 5.41) is 13.1. The van der Waals surface area contributed by atoms with Crippen LogP contribution in [0.25, 0.3) is 22.5 Å². The van der Waals surface area contributed by atoms with Gasteiger partial charge in [0.2, 0.25) is 0 Å². The molecule has 1 aromatic heterocycles. The average molecular weight is 304 g/mol. The Hall–Kier alpha value is -2.46. The van der Waals surface area contributed by atoms with E-state index in [4.69, 9.17) is 10.2 Å². The van der Waals surface area contributed by atoms with Crippen LogP contribution in [0.2, 0.25) is 0 Å². The van der Waals surface area contributed by atoms with E-state index >= 15 is 0 Å². The molecule has 0 unspecified atom stereocenters. The van der Waals surface area contributed by atoms with Gasteiger partial charge in [0.05, 0.1) is 6.04 Å². The molecule has 1 N–H and O–H groups in total. The second kappa shape index (κ2) is 6.34. The van der Waals surface area contributed by atoms with Gasteiger partial charge in [0, 0.05) is 11.1 Å². The van der Waals surface area contributed by atoms with E-state index in [-0.39, 0.29) is 0 Å². The van der Waals surface area contributed by atoms with Gasteiger partial charge in [-0.05, 0) is 25.9 Å². The Morgan fingerprint density at radius 1 is 0.739 bits per heavy atom. The number of aromatic nitrogens is 3. The predicted molar refractivity (Wildman–Crippen MR) is 92.0 cm³/mol. The van der Waals surface area contributed by atoms with Crippen LogP contribution in [-0.4, -0.2) is 28.1 Å². The summed E-state index contributed by atoms with van der Waals surface area (Å²) in [6, 6.07) is 21.0. The topological polar surface area (TPSA) is 42.7 Å². The molecule has 3 aromatic rings. The molecule has 23 heavy (non-hydrogen) atoms. The number of nitrogens with one attached hydrogen (secondary N) is 1. The van der Waals surface area contributed by atoms with Gasteiger partial charge in [0.25, 0.3) is 0 Å². The van der Waals surface area contributed by atoms with Gasteiger partial charge in [-0.1, -0.05) is 60.7 Å². The van der Waals surface area contributed by atoms with E-state index in [1.165, 1.54) is 0 Å². The molecule has 0 aliphatic carbocycles. The van der Waals surface area contributed by atoms with Gasteiger partial charge in [-0.15, -0.1) is 0 Å². The first-order valence-corrected chi connectivity index (χ1v) is 8.20. The fourth-order valence-electron chi connectivity index (χ4n) is 3.10. The van der Waals surface area contributed by atoms with Crippen LogP contribution in [0.1, 0.15) is 18.9 Å². The summed E-state index contributed by atoms with van der Waals surface area (Å²) in [4.78, 5) is 1.94. The summed E-state index contributed by atoms with van der Waals surface area (Å²) >= 11 is 0. The van der Waals surface area contributed by atoms with Crippen molar-refractivity contribution < 1.29 is 0 Å². The molecule has 0 amide bonds. The molecule has 4 nitrogen and oxygen atoms in total.